The highest BCUT2D eigenvalue weighted by Crippen LogP contribution is 2.47. The van der Waals surface area contributed by atoms with Crippen LogP contribution in [-0.4, -0.2) is 28.3 Å². The first kappa shape index (κ1) is 30.1. The third-order valence-electron chi connectivity index (χ3n) is 9.97. The van der Waals surface area contributed by atoms with Gasteiger partial charge < -0.3 is 8.85 Å². The van der Waals surface area contributed by atoms with Crippen molar-refractivity contribution in [3.8, 4) is 0 Å². The van der Waals surface area contributed by atoms with Crippen molar-refractivity contribution in [3.05, 3.63) is 24.3 Å². The van der Waals surface area contributed by atoms with E-state index in [0.717, 1.165) is 25.7 Å². The van der Waals surface area contributed by atoms with E-state index in [1.165, 1.54) is 50.2 Å². The van der Waals surface area contributed by atoms with Crippen LogP contribution in [-0.2, 0) is 8.85 Å². The predicted molar refractivity (Wildman–Crippen MR) is 156 cm³/mol. The van der Waals surface area contributed by atoms with Gasteiger partial charge in [-0.25, -0.2) is 0 Å². The lowest BCUT2D eigenvalue weighted by Crippen LogP contribution is -2.52. The summed E-state index contributed by atoms with van der Waals surface area (Å²) in [5, 5.41) is 0.244. The first-order valence-electron chi connectivity index (χ1n) is 14.5. The minimum Gasteiger partial charge on any atom is -0.413 e. The monoisotopic (exact) mass is 506 g/mol. The average Bonchev–Trinajstić information content (AvgIpc) is 3.17. The number of hydrogen-bond acceptors (Lipinski definition) is 2. The van der Waals surface area contributed by atoms with Crippen molar-refractivity contribution in [2.75, 3.05) is 0 Å². The molecule has 2 aliphatic carbocycles. The Balaban J connectivity index is 2.20. The van der Waals surface area contributed by atoms with E-state index in [1.54, 1.807) is 5.57 Å². The van der Waals surface area contributed by atoms with Gasteiger partial charge in [-0.15, -0.1) is 6.58 Å². The van der Waals surface area contributed by atoms with Crippen LogP contribution in [0.3, 0.4) is 0 Å². The third kappa shape index (κ3) is 7.20. The molecule has 0 spiro atoms. The summed E-state index contributed by atoms with van der Waals surface area (Å²) in [6.07, 6.45) is 16.3. The normalized spacial score (nSPS) is 24.7. The van der Waals surface area contributed by atoms with Crippen LogP contribution in [0.25, 0.3) is 0 Å². The van der Waals surface area contributed by atoms with Gasteiger partial charge in [-0.1, -0.05) is 78.5 Å². The Morgan fingerprint density at radius 3 is 2.09 bits per heavy atom. The highest BCUT2D eigenvalue weighted by atomic mass is 28.4. The van der Waals surface area contributed by atoms with Crippen LogP contribution in [0.2, 0.25) is 36.3 Å². The summed E-state index contributed by atoms with van der Waals surface area (Å²) in [5.41, 5.74) is 1.61. The molecule has 2 rings (SSSR count). The van der Waals surface area contributed by atoms with Gasteiger partial charge in [0.05, 0.1) is 11.7 Å². The van der Waals surface area contributed by atoms with Crippen LogP contribution >= 0.6 is 0 Å². The van der Waals surface area contributed by atoms with E-state index < -0.39 is 16.6 Å². The van der Waals surface area contributed by atoms with Crippen molar-refractivity contribution >= 4 is 16.6 Å². The molecule has 2 nitrogen and oxygen atoms in total. The smallest absolute Gasteiger partial charge is 0.192 e. The molecule has 2 aliphatic rings. The maximum atomic E-state index is 7.31. The molecule has 0 aromatic rings. The molecule has 4 heteroatoms. The average molecular weight is 507 g/mol. The fourth-order valence-corrected chi connectivity index (χ4v) is 10.9. The Bertz CT molecular complexity index is 660. The van der Waals surface area contributed by atoms with Gasteiger partial charge in [-0.05, 0) is 87.6 Å². The van der Waals surface area contributed by atoms with Crippen molar-refractivity contribution in [1.82, 2.24) is 0 Å². The molecule has 0 aromatic heterocycles. The fraction of sp³-hybridized carbons (Fsp3) is 0.867. The molecule has 0 aromatic carbocycles. The molecule has 0 heterocycles. The number of hydrogen-bond donors (Lipinski definition) is 0. The summed E-state index contributed by atoms with van der Waals surface area (Å²) in [6.45, 7) is 25.7. The molecule has 3 atom stereocenters. The minimum absolute atomic E-state index is 0.0172. The predicted octanol–water partition coefficient (Wildman–Crippen LogP) is 10.0. The minimum atomic E-state index is -1.85. The van der Waals surface area contributed by atoms with Crippen molar-refractivity contribution < 1.29 is 8.85 Å². The second-order valence-corrected chi connectivity index (χ2v) is 22.5. The van der Waals surface area contributed by atoms with Gasteiger partial charge >= 0.3 is 0 Å². The lowest BCUT2D eigenvalue weighted by atomic mass is 9.75. The van der Waals surface area contributed by atoms with Crippen LogP contribution < -0.4 is 0 Å². The maximum Gasteiger partial charge on any atom is 0.192 e. The van der Waals surface area contributed by atoms with Gasteiger partial charge in [0.1, 0.15) is 0 Å². The highest BCUT2D eigenvalue weighted by molar-refractivity contribution is 6.74. The number of allylic oxidation sites excluding steroid dienone is 1. The first-order chi connectivity index (χ1) is 15.9. The van der Waals surface area contributed by atoms with Crippen LogP contribution in [0.15, 0.2) is 24.3 Å². The number of rotatable bonds is 13. The Kier molecular flexibility index (Phi) is 10.9. The molecule has 34 heavy (non-hydrogen) atoms. The zero-order chi connectivity index (χ0) is 25.6. The fourth-order valence-electron chi connectivity index (χ4n) is 6.22. The Labute approximate surface area is 215 Å². The Hall–Kier alpha value is -0.166. The molecule has 0 radical (unpaired) electrons. The van der Waals surface area contributed by atoms with Crippen molar-refractivity contribution in [3.63, 3.8) is 0 Å². The molecule has 1 saturated carbocycles. The van der Waals surface area contributed by atoms with Crippen LogP contribution in [0, 0.1) is 11.8 Å². The zero-order valence-electron chi connectivity index (χ0n) is 24.4. The SMILES string of the molecule is C=CCC1C(CCC(C)(O[Si](C)(C)C(C)(C)C)C2CCCCC2)=CCC1O[Si](CC)(CC)CC. The van der Waals surface area contributed by atoms with E-state index in [-0.39, 0.29) is 10.6 Å². The van der Waals surface area contributed by atoms with Crippen molar-refractivity contribution in [1.29, 1.82) is 0 Å². The highest BCUT2D eigenvalue weighted by Gasteiger charge is 2.46. The summed E-state index contributed by atoms with van der Waals surface area (Å²) in [5.74, 6) is 1.21. The van der Waals surface area contributed by atoms with Gasteiger partial charge in [0, 0.05) is 5.92 Å². The third-order valence-corrected chi connectivity index (χ3v) is 19.2. The molecule has 198 valence electrons. The van der Waals surface area contributed by atoms with Crippen LogP contribution in [0.5, 0.6) is 0 Å². The molecule has 0 bridgehead atoms. The van der Waals surface area contributed by atoms with Gasteiger partial charge in [0.15, 0.2) is 16.6 Å². The second kappa shape index (κ2) is 12.4. The first-order valence-corrected chi connectivity index (χ1v) is 20.0. The summed E-state index contributed by atoms with van der Waals surface area (Å²) in [4.78, 5) is 0. The molecular weight excluding hydrogens is 449 g/mol. The quantitative estimate of drug-likeness (QED) is 0.183. The standard InChI is InChI=1S/C30H58O2Si2/c1-11-18-27-25(21-22-28(27)31-34(12-2,13-3)14-4)23-24-30(8,26-19-16-15-17-20-26)32-33(9,10)29(5,6)7/h11,21,26-28H,1,12-20,22-24H2,2-10H3. The summed E-state index contributed by atoms with van der Waals surface area (Å²) in [7, 11) is -3.46. The molecule has 0 N–H and O–H groups in total. The van der Waals surface area contributed by atoms with E-state index >= 15 is 0 Å². The molecule has 0 saturated heterocycles. The van der Waals surface area contributed by atoms with E-state index in [0.29, 0.717) is 17.9 Å². The Morgan fingerprint density at radius 2 is 1.59 bits per heavy atom. The van der Waals surface area contributed by atoms with Crippen LogP contribution in [0.4, 0.5) is 0 Å². The molecule has 1 fully saturated rings. The Morgan fingerprint density at radius 1 is 1.00 bits per heavy atom. The molecule has 0 amide bonds. The van der Waals surface area contributed by atoms with E-state index in [1.807, 2.05) is 0 Å². The summed E-state index contributed by atoms with van der Waals surface area (Å²) >= 11 is 0. The van der Waals surface area contributed by atoms with Gasteiger partial charge in [-0.2, -0.15) is 0 Å². The van der Waals surface area contributed by atoms with Crippen molar-refractivity contribution in [2.24, 2.45) is 11.8 Å². The second-order valence-electron chi connectivity index (χ2n) is 13.1. The van der Waals surface area contributed by atoms with Crippen molar-refractivity contribution in [2.45, 2.75) is 154 Å². The summed E-state index contributed by atoms with van der Waals surface area (Å²) < 4.78 is 14.3. The van der Waals surface area contributed by atoms with Crippen LogP contribution in [0.1, 0.15) is 106 Å². The topological polar surface area (TPSA) is 18.5 Å². The maximum absolute atomic E-state index is 7.31. The summed E-state index contributed by atoms with van der Waals surface area (Å²) in [6, 6.07) is 3.69. The zero-order valence-corrected chi connectivity index (χ0v) is 26.4. The molecular formula is C30H58O2Si2. The van der Waals surface area contributed by atoms with E-state index in [9.17, 15) is 0 Å². The molecule has 3 unspecified atom stereocenters. The van der Waals surface area contributed by atoms with E-state index in [4.69, 9.17) is 8.85 Å². The largest absolute Gasteiger partial charge is 0.413 e. The van der Waals surface area contributed by atoms with Gasteiger partial charge in [-0.3, -0.25) is 0 Å². The van der Waals surface area contributed by atoms with E-state index in [2.05, 4.69) is 80.3 Å². The lowest BCUT2D eigenvalue weighted by molar-refractivity contribution is -0.0118. The molecule has 0 aliphatic heterocycles. The lowest BCUT2D eigenvalue weighted by Gasteiger charge is -2.49. The van der Waals surface area contributed by atoms with Gasteiger partial charge in [0.25, 0.3) is 0 Å². The van der Waals surface area contributed by atoms with Gasteiger partial charge in [0.2, 0.25) is 0 Å².